The first kappa shape index (κ1) is 21.8. The lowest BCUT2D eigenvalue weighted by atomic mass is 10.2. The van der Waals surface area contributed by atoms with Crippen molar-refractivity contribution < 1.29 is 14.3 Å². The van der Waals surface area contributed by atoms with E-state index in [0.29, 0.717) is 24.5 Å². The fourth-order valence-electron chi connectivity index (χ4n) is 4.29. The van der Waals surface area contributed by atoms with E-state index in [1.54, 1.807) is 7.11 Å². The molecule has 0 N–H and O–H groups in total. The maximum atomic E-state index is 13.2. The minimum Gasteiger partial charge on any atom is -0.497 e. The topological polar surface area (TPSA) is 59.3 Å². The zero-order valence-electron chi connectivity index (χ0n) is 19.3. The van der Waals surface area contributed by atoms with Crippen LogP contribution in [0.1, 0.15) is 22.5 Å². The van der Waals surface area contributed by atoms with Crippen LogP contribution in [-0.4, -0.2) is 53.5 Å². The maximum Gasteiger partial charge on any atom is 0.254 e. The fourth-order valence-corrected chi connectivity index (χ4v) is 4.29. The Morgan fingerprint density at radius 2 is 1.82 bits per heavy atom. The second-order valence-corrected chi connectivity index (χ2v) is 8.35. The fraction of sp³-hybridized carbons (Fsp3) is 0.259. The minimum atomic E-state index is 0.0368. The van der Waals surface area contributed by atoms with Crippen molar-refractivity contribution in [3.8, 4) is 11.5 Å². The third kappa shape index (κ3) is 4.83. The van der Waals surface area contributed by atoms with Crippen LogP contribution in [0.3, 0.4) is 0 Å². The molecule has 0 aliphatic carbocycles. The van der Waals surface area contributed by atoms with Crippen LogP contribution >= 0.6 is 0 Å². The summed E-state index contributed by atoms with van der Waals surface area (Å²) in [6.07, 6.45) is 4.83. The normalized spacial score (nSPS) is 14.1. The summed E-state index contributed by atoms with van der Waals surface area (Å²) in [6, 6.07) is 21.4. The van der Waals surface area contributed by atoms with Gasteiger partial charge in [-0.15, -0.1) is 0 Å². The van der Waals surface area contributed by atoms with Crippen LogP contribution in [-0.2, 0) is 6.61 Å². The van der Waals surface area contributed by atoms with Gasteiger partial charge in [0.05, 0.1) is 12.8 Å². The van der Waals surface area contributed by atoms with Crippen molar-refractivity contribution in [2.24, 2.45) is 0 Å². The van der Waals surface area contributed by atoms with E-state index in [2.05, 4.69) is 22.0 Å². The monoisotopic (exact) mass is 456 g/mol. The van der Waals surface area contributed by atoms with Crippen molar-refractivity contribution in [3.05, 3.63) is 90.4 Å². The molecule has 7 heteroatoms. The summed E-state index contributed by atoms with van der Waals surface area (Å²) >= 11 is 0. The number of ether oxygens (including phenoxy) is 2. The first-order chi connectivity index (χ1) is 16.7. The molecule has 0 radical (unpaired) electrons. The summed E-state index contributed by atoms with van der Waals surface area (Å²) in [5.41, 5.74) is 3.52. The number of pyridine rings is 1. The Balaban J connectivity index is 1.21. The van der Waals surface area contributed by atoms with E-state index < -0.39 is 0 Å². The molecule has 0 unspecified atom stereocenters. The first-order valence-electron chi connectivity index (χ1n) is 11.5. The lowest BCUT2D eigenvalue weighted by Gasteiger charge is -2.24. The third-order valence-corrected chi connectivity index (χ3v) is 6.10. The SMILES string of the molecule is COc1ccc(N2CCCN(C(=O)c3cccc(OCc4cn5ccccc5n4)c3)CC2)cc1. The van der Waals surface area contributed by atoms with Gasteiger partial charge < -0.3 is 23.7 Å². The van der Waals surface area contributed by atoms with E-state index in [1.165, 1.54) is 0 Å². The van der Waals surface area contributed by atoms with Gasteiger partial charge in [-0.2, -0.15) is 0 Å². The number of anilines is 1. The second-order valence-electron chi connectivity index (χ2n) is 8.35. The number of hydrogen-bond acceptors (Lipinski definition) is 5. The van der Waals surface area contributed by atoms with Crippen molar-refractivity contribution in [3.63, 3.8) is 0 Å². The van der Waals surface area contributed by atoms with Gasteiger partial charge in [-0.05, 0) is 61.0 Å². The molecule has 0 atom stereocenters. The van der Waals surface area contributed by atoms with E-state index in [-0.39, 0.29) is 5.91 Å². The number of fused-ring (bicyclic) bond motifs is 1. The number of imidazole rings is 1. The van der Waals surface area contributed by atoms with E-state index in [4.69, 9.17) is 9.47 Å². The molecule has 1 fully saturated rings. The zero-order valence-corrected chi connectivity index (χ0v) is 19.3. The average molecular weight is 457 g/mol. The zero-order chi connectivity index (χ0) is 23.3. The predicted octanol–water partition coefficient (Wildman–Crippen LogP) is 4.27. The highest BCUT2D eigenvalue weighted by Crippen LogP contribution is 2.22. The number of rotatable bonds is 6. The number of aromatic nitrogens is 2. The van der Waals surface area contributed by atoms with Crippen molar-refractivity contribution >= 4 is 17.2 Å². The molecule has 1 saturated heterocycles. The van der Waals surface area contributed by atoms with E-state index in [1.807, 2.05) is 76.3 Å². The molecule has 1 aliphatic heterocycles. The van der Waals surface area contributed by atoms with Crippen LogP contribution in [0.4, 0.5) is 5.69 Å². The first-order valence-corrected chi connectivity index (χ1v) is 11.5. The van der Waals surface area contributed by atoms with Gasteiger partial charge in [-0.3, -0.25) is 4.79 Å². The number of carbonyl (C=O) groups excluding carboxylic acids is 1. The predicted molar refractivity (Wildman–Crippen MR) is 132 cm³/mol. The third-order valence-electron chi connectivity index (χ3n) is 6.10. The molecule has 0 saturated carbocycles. The van der Waals surface area contributed by atoms with Crippen LogP contribution < -0.4 is 14.4 Å². The highest BCUT2D eigenvalue weighted by molar-refractivity contribution is 5.94. The molecular weight excluding hydrogens is 428 g/mol. The minimum absolute atomic E-state index is 0.0368. The van der Waals surface area contributed by atoms with Gasteiger partial charge in [-0.25, -0.2) is 4.98 Å². The van der Waals surface area contributed by atoms with Gasteiger partial charge in [0.1, 0.15) is 23.8 Å². The van der Waals surface area contributed by atoms with Crippen molar-refractivity contribution in [2.75, 3.05) is 38.2 Å². The molecule has 34 heavy (non-hydrogen) atoms. The van der Waals surface area contributed by atoms with Crippen molar-refractivity contribution in [2.45, 2.75) is 13.0 Å². The molecule has 3 heterocycles. The summed E-state index contributed by atoms with van der Waals surface area (Å²) in [5.74, 6) is 1.55. The van der Waals surface area contributed by atoms with Gasteiger partial charge in [0.25, 0.3) is 5.91 Å². The summed E-state index contributed by atoms with van der Waals surface area (Å²) in [4.78, 5) is 22.1. The Morgan fingerprint density at radius 3 is 2.65 bits per heavy atom. The molecule has 7 nitrogen and oxygen atoms in total. The molecule has 174 valence electrons. The Kier molecular flexibility index (Phi) is 6.33. The van der Waals surface area contributed by atoms with E-state index in [9.17, 15) is 4.79 Å². The highest BCUT2D eigenvalue weighted by atomic mass is 16.5. The Hall–Kier alpha value is -4.00. The van der Waals surface area contributed by atoms with Crippen LogP contribution in [0.15, 0.2) is 79.1 Å². The van der Waals surface area contributed by atoms with Crippen LogP contribution in [0.25, 0.3) is 5.65 Å². The molecular formula is C27H28N4O3. The van der Waals surface area contributed by atoms with Crippen LogP contribution in [0.2, 0.25) is 0 Å². The smallest absolute Gasteiger partial charge is 0.254 e. The summed E-state index contributed by atoms with van der Waals surface area (Å²) in [7, 11) is 1.67. The molecule has 0 bridgehead atoms. The van der Waals surface area contributed by atoms with Gasteiger partial charge in [0.2, 0.25) is 0 Å². The molecule has 0 spiro atoms. The van der Waals surface area contributed by atoms with Crippen LogP contribution in [0, 0.1) is 0 Å². The second kappa shape index (κ2) is 9.87. The maximum absolute atomic E-state index is 13.2. The number of methoxy groups -OCH3 is 1. The standard InChI is InChI=1S/C27H28N4O3/c1-33-24-11-9-23(10-12-24)29-14-5-15-30(17-16-29)27(32)21-6-4-7-25(18-21)34-20-22-19-31-13-3-2-8-26(31)28-22/h2-4,6-13,18-19H,5,14-17,20H2,1H3. The molecule has 4 aromatic rings. The average Bonchev–Trinajstić information content (AvgIpc) is 3.15. The van der Waals surface area contributed by atoms with Gasteiger partial charge >= 0.3 is 0 Å². The largest absolute Gasteiger partial charge is 0.497 e. The van der Waals surface area contributed by atoms with Gasteiger partial charge in [-0.1, -0.05) is 12.1 Å². The number of hydrogen-bond donors (Lipinski definition) is 0. The molecule has 1 amide bonds. The number of benzene rings is 2. The van der Waals surface area contributed by atoms with E-state index in [0.717, 1.165) is 48.8 Å². The van der Waals surface area contributed by atoms with Crippen molar-refractivity contribution in [1.29, 1.82) is 0 Å². The molecule has 5 rings (SSSR count). The van der Waals surface area contributed by atoms with Crippen LogP contribution in [0.5, 0.6) is 11.5 Å². The lowest BCUT2D eigenvalue weighted by Crippen LogP contribution is -2.35. The number of carbonyl (C=O) groups is 1. The molecule has 2 aromatic heterocycles. The summed E-state index contributed by atoms with van der Waals surface area (Å²) in [6.45, 7) is 3.47. The number of amides is 1. The van der Waals surface area contributed by atoms with Crippen molar-refractivity contribution in [1.82, 2.24) is 14.3 Å². The number of nitrogens with zero attached hydrogens (tertiary/aromatic N) is 4. The Labute approximate surface area is 199 Å². The molecule has 2 aromatic carbocycles. The van der Waals surface area contributed by atoms with Gasteiger partial charge in [0.15, 0.2) is 0 Å². The summed E-state index contributed by atoms with van der Waals surface area (Å²) < 4.78 is 13.2. The highest BCUT2D eigenvalue weighted by Gasteiger charge is 2.21. The quantitative estimate of drug-likeness (QED) is 0.434. The lowest BCUT2D eigenvalue weighted by molar-refractivity contribution is 0.0766. The Bertz CT molecular complexity index is 1240. The summed E-state index contributed by atoms with van der Waals surface area (Å²) in [5, 5.41) is 0. The van der Waals surface area contributed by atoms with Gasteiger partial charge in [0, 0.05) is 49.8 Å². The Morgan fingerprint density at radius 1 is 0.941 bits per heavy atom. The molecule has 1 aliphatic rings. The van der Waals surface area contributed by atoms with E-state index >= 15 is 0 Å².